The number of rotatable bonds is 1. The number of para-hydroxylation sites is 2. The summed E-state index contributed by atoms with van der Waals surface area (Å²) in [5.41, 5.74) is 0.916. The lowest BCUT2D eigenvalue weighted by molar-refractivity contribution is 0.0338. The number of hydrogen-bond donors (Lipinski definition) is 1. The molecule has 1 fully saturated rings. The van der Waals surface area contributed by atoms with E-state index in [1.54, 1.807) is 0 Å². The zero-order valence-electron chi connectivity index (χ0n) is 10.6. The van der Waals surface area contributed by atoms with Crippen LogP contribution in [0.25, 0.3) is 0 Å². The lowest BCUT2D eigenvalue weighted by Crippen LogP contribution is -2.49. The average molecular weight is 232 g/mol. The molecule has 0 saturated carbocycles. The van der Waals surface area contributed by atoms with Gasteiger partial charge >= 0.3 is 0 Å². The van der Waals surface area contributed by atoms with Crippen LogP contribution in [0.1, 0.15) is 19.8 Å². The molecule has 0 spiro atoms. The van der Waals surface area contributed by atoms with Gasteiger partial charge in [-0.05, 0) is 52.0 Å². The Morgan fingerprint density at radius 3 is 2.71 bits per heavy atom. The molecule has 0 amide bonds. The Morgan fingerprint density at radius 1 is 1.29 bits per heavy atom. The molecule has 1 unspecified atom stereocenters. The quantitative estimate of drug-likeness (QED) is 0.805. The van der Waals surface area contributed by atoms with Gasteiger partial charge in [0.2, 0.25) is 0 Å². The Kier molecular flexibility index (Phi) is 2.51. The Morgan fingerprint density at radius 2 is 2.00 bits per heavy atom. The summed E-state index contributed by atoms with van der Waals surface area (Å²) in [5.74, 6) is 1.58. The minimum Gasteiger partial charge on any atom is -0.466 e. The molecular weight excluding hydrogens is 212 g/mol. The van der Waals surface area contributed by atoms with Crippen LogP contribution in [-0.4, -0.2) is 30.8 Å². The lowest BCUT2D eigenvalue weighted by Gasteiger charge is -2.38. The van der Waals surface area contributed by atoms with Gasteiger partial charge in [-0.25, -0.2) is 0 Å². The summed E-state index contributed by atoms with van der Waals surface area (Å²) >= 11 is 0. The van der Waals surface area contributed by atoms with Gasteiger partial charge in [0, 0.05) is 5.92 Å². The van der Waals surface area contributed by atoms with E-state index in [0.29, 0.717) is 5.92 Å². The van der Waals surface area contributed by atoms with Crippen LogP contribution >= 0.6 is 0 Å². The monoisotopic (exact) mass is 232 g/mol. The van der Waals surface area contributed by atoms with Crippen LogP contribution < -0.4 is 10.1 Å². The van der Waals surface area contributed by atoms with Crippen LogP contribution in [0.4, 0.5) is 5.69 Å². The van der Waals surface area contributed by atoms with E-state index in [0.717, 1.165) is 11.4 Å². The first-order valence-corrected chi connectivity index (χ1v) is 6.42. The van der Waals surface area contributed by atoms with Crippen molar-refractivity contribution in [2.75, 3.05) is 25.5 Å². The van der Waals surface area contributed by atoms with Crippen LogP contribution in [-0.2, 0) is 0 Å². The summed E-state index contributed by atoms with van der Waals surface area (Å²) in [7, 11) is 2.19. The van der Waals surface area contributed by atoms with Gasteiger partial charge in [-0.3, -0.25) is 0 Å². The van der Waals surface area contributed by atoms with Crippen molar-refractivity contribution in [2.24, 2.45) is 5.92 Å². The third-order valence-electron chi connectivity index (χ3n) is 4.09. The van der Waals surface area contributed by atoms with Gasteiger partial charge in [-0.15, -0.1) is 0 Å². The normalized spacial score (nSPS) is 29.5. The van der Waals surface area contributed by atoms with Crippen molar-refractivity contribution in [3.05, 3.63) is 24.3 Å². The number of benzene rings is 1. The van der Waals surface area contributed by atoms with E-state index in [2.05, 4.69) is 36.3 Å². The zero-order chi connectivity index (χ0) is 11.9. The van der Waals surface area contributed by atoms with Crippen molar-refractivity contribution in [2.45, 2.75) is 25.5 Å². The standard InChI is InChI=1S/C14H20N2O/c1-14(11-7-9-16(2)10-8-11)15-12-5-3-4-6-13(12)17-14/h3-6,11,15H,7-10H2,1-2H3. The van der Waals surface area contributed by atoms with Crippen LogP contribution in [0.2, 0.25) is 0 Å². The third kappa shape index (κ3) is 1.89. The van der Waals surface area contributed by atoms with E-state index in [9.17, 15) is 0 Å². The SMILES string of the molecule is CN1CCC(C2(C)Nc3ccccc3O2)CC1. The van der Waals surface area contributed by atoms with Crippen molar-refractivity contribution >= 4 is 5.69 Å². The lowest BCUT2D eigenvalue weighted by atomic mass is 9.87. The molecule has 0 aliphatic carbocycles. The molecule has 0 bridgehead atoms. The molecule has 1 aromatic rings. The van der Waals surface area contributed by atoms with Crippen molar-refractivity contribution < 1.29 is 4.74 Å². The number of fused-ring (bicyclic) bond motifs is 1. The molecule has 92 valence electrons. The first-order chi connectivity index (χ1) is 8.17. The van der Waals surface area contributed by atoms with Crippen molar-refractivity contribution in [1.82, 2.24) is 4.90 Å². The molecule has 2 aliphatic heterocycles. The van der Waals surface area contributed by atoms with E-state index in [1.165, 1.54) is 25.9 Å². The summed E-state index contributed by atoms with van der Waals surface area (Å²) in [4.78, 5) is 2.39. The third-order valence-corrected chi connectivity index (χ3v) is 4.09. The summed E-state index contributed by atoms with van der Waals surface area (Å²) < 4.78 is 6.14. The number of nitrogens with zero attached hydrogens (tertiary/aromatic N) is 1. The fraction of sp³-hybridized carbons (Fsp3) is 0.571. The molecule has 0 aromatic heterocycles. The van der Waals surface area contributed by atoms with Gasteiger partial charge in [-0.2, -0.15) is 0 Å². The molecule has 2 aliphatic rings. The van der Waals surface area contributed by atoms with Gasteiger partial charge in [0.05, 0.1) is 5.69 Å². The molecular formula is C14H20N2O. The Hall–Kier alpha value is -1.22. The second-order valence-corrected chi connectivity index (χ2v) is 5.41. The van der Waals surface area contributed by atoms with Crippen molar-refractivity contribution in [1.29, 1.82) is 0 Å². The number of anilines is 1. The summed E-state index contributed by atoms with van der Waals surface area (Å²) in [6.45, 7) is 4.52. The minimum atomic E-state index is -0.217. The molecule has 2 heterocycles. The van der Waals surface area contributed by atoms with E-state index in [-0.39, 0.29) is 5.72 Å². The van der Waals surface area contributed by atoms with Crippen molar-refractivity contribution in [3.8, 4) is 5.75 Å². The average Bonchev–Trinajstić information content (AvgIpc) is 2.67. The highest BCUT2D eigenvalue weighted by atomic mass is 16.5. The van der Waals surface area contributed by atoms with E-state index < -0.39 is 0 Å². The predicted octanol–water partition coefficient (Wildman–Crippen LogP) is 2.55. The van der Waals surface area contributed by atoms with Crippen LogP contribution in [0, 0.1) is 5.92 Å². The molecule has 0 radical (unpaired) electrons. The number of hydrogen-bond acceptors (Lipinski definition) is 3. The maximum Gasteiger partial charge on any atom is 0.180 e. The zero-order valence-corrected chi connectivity index (χ0v) is 10.6. The second kappa shape index (κ2) is 3.91. The number of likely N-dealkylation sites (tertiary alicyclic amines) is 1. The highest BCUT2D eigenvalue weighted by Crippen LogP contribution is 2.42. The molecule has 1 atom stereocenters. The number of ether oxygens (including phenoxy) is 1. The van der Waals surface area contributed by atoms with E-state index >= 15 is 0 Å². The number of nitrogens with one attached hydrogen (secondary N) is 1. The van der Waals surface area contributed by atoms with Gasteiger partial charge < -0.3 is 15.0 Å². The number of piperidine rings is 1. The van der Waals surface area contributed by atoms with Crippen LogP contribution in [0.3, 0.4) is 0 Å². The fourth-order valence-corrected chi connectivity index (χ4v) is 2.93. The predicted molar refractivity (Wildman–Crippen MR) is 69.3 cm³/mol. The summed E-state index contributed by atoms with van der Waals surface area (Å²) in [5, 5.41) is 3.55. The second-order valence-electron chi connectivity index (χ2n) is 5.41. The van der Waals surface area contributed by atoms with E-state index in [1.807, 2.05) is 12.1 Å². The van der Waals surface area contributed by atoms with E-state index in [4.69, 9.17) is 4.74 Å². The highest BCUT2D eigenvalue weighted by Gasteiger charge is 2.42. The van der Waals surface area contributed by atoms with Gasteiger partial charge in [0.15, 0.2) is 5.72 Å². The first-order valence-electron chi connectivity index (χ1n) is 6.42. The minimum absolute atomic E-state index is 0.217. The Labute approximate surface area is 103 Å². The summed E-state index contributed by atoms with van der Waals surface area (Å²) in [6, 6.07) is 8.22. The topological polar surface area (TPSA) is 24.5 Å². The molecule has 1 saturated heterocycles. The Bertz CT molecular complexity index is 385. The smallest absolute Gasteiger partial charge is 0.180 e. The molecule has 17 heavy (non-hydrogen) atoms. The molecule has 3 heteroatoms. The molecule has 3 nitrogen and oxygen atoms in total. The van der Waals surface area contributed by atoms with Crippen LogP contribution in [0.5, 0.6) is 5.75 Å². The van der Waals surface area contributed by atoms with Crippen LogP contribution in [0.15, 0.2) is 24.3 Å². The summed E-state index contributed by atoms with van der Waals surface area (Å²) in [6.07, 6.45) is 2.40. The molecule has 1 aromatic carbocycles. The van der Waals surface area contributed by atoms with Gasteiger partial charge in [0.1, 0.15) is 5.75 Å². The van der Waals surface area contributed by atoms with Gasteiger partial charge in [0.25, 0.3) is 0 Å². The maximum absolute atomic E-state index is 6.14. The highest BCUT2D eigenvalue weighted by molar-refractivity contribution is 5.61. The molecule has 3 rings (SSSR count). The molecule has 1 N–H and O–H groups in total. The van der Waals surface area contributed by atoms with Crippen molar-refractivity contribution in [3.63, 3.8) is 0 Å². The first kappa shape index (κ1) is 10.9. The van der Waals surface area contributed by atoms with Gasteiger partial charge in [-0.1, -0.05) is 12.1 Å². The Balaban J connectivity index is 1.77. The largest absolute Gasteiger partial charge is 0.466 e. The maximum atomic E-state index is 6.14. The fourth-order valence-electron chi connectivity index (χ4n) is 2.93.